The molecule has 0 bridgehead atoms. The molecule has 4 nitrogen and oxygen atoms in total. The van der Waals surface area contributed by atoms with Gasteiger partial charge in [-0.05, 0) is 44.4 Å². The van der Waals surface area contributed by atoms with E-state index in [1.165, 1.54) is 0 Å². The Hall–Kier alpha value is -1.39. The molecule has 0 aliphatic carbocycles. The van der Waals surface area contributed by atoms with Gasteiger partial charge >= 0.3 is 0 Å². The number of ether oxygens (including phenoxy) is 1. The van der Waals surface area contributed by atoms with Crippen LogP contribution in [0.2, 0.25) is 0 Å². The summed E-state index contributed by atoms with van der Waals surface area (Å²) in [7, 11) is 0. The summed E-state index contributed by atoms with van der Waals surface area (Å²) < 4.78 is 5.69. The minimum absolute atomic E-state index is 0.0326. The smallest absolute Gasteiger partial charge is 0.256 e. The van der Waals surface area contributed by atoms with Crippen LogP contribution < -0.4 is 10.6 Å². The summed E-state index contributed by atoms with van der Waals surface area (Å²) in [6.07, 6.45) is 1.33. The molecule has 2 N–H and O–H groups in total. The zero-order valence-electron chi connectivity index (χ0n) is 11.6. The van der Waals surface area contributed by atoms with Gasteiger partial charge in [0.1, 0.15) is 6.10 Å². The molecular formula is C15H22N2O2. The zero-order valence-corrected chi connectivity index (χ0v) is 11.6. The first kappa shape index (κ1) is 14.0. The average molecular weight is 262 g/mol. The molecule has 2 unspecified atom stereocenters. The number of rotatable bonds is 4. The number of aryl methyl sites for hydroxylation is 1. The van der Waals surface area contributed by atoms with Crippen LogP contribution in [0.4, 0.5) is 5.69 Å². The lowest BCUT2D eigenvalue weighted by atomic mass is 10.1. The van der Waals surface area contributed by atoms with Crippen LogP contribution in [0.3, 0.4) is 0 Å². The van der Waals surface area contributed by atoms with Crippen molar-refractivity contribution in [1.29, 1.82) is 0 Å². The minimum Gasteiger partial charge on any atom is -0.364 e. The molecule has 1 aromatic rings. The third kappa shape index (κ3) is 3.14. The Morgan fingerprint density at radius 3 is 2.84 bits per heavy atom. The van der Waals surface area contributed by atoms with E-state index in [0.717, 1.165) is 24.1 Å². The second-order valence-corrected chi connectivity index (χ2v) is 4.98. The van der Waals surface area contributed by atoms with Crippen LogP contribution in [0, 0.1) is 6.92 Å². The van der Waals surface area contributed by atoms with Gasteiger partial charge in [0.25, 0.3) is 5.91 Å². The molecule has 1 heterocycles. The largest absolute Gasteiger partial charge is 0.364 e. The Morgan fingerprint density at radius 1 is 1.47 bits per heavy atom. The third-order valence-corrected chi connectivity index (χ3v) is 3.54. The molecule has 1 saturated heterocycles. The monoisotopic (exact) mass is 262 g/mol. The summed E-state index contributed by atoms with van der Waals surface area (Å²) in [6, 6.07) is 7.98. The van der Waals surface area contributed by atoms with Crippen molar-refractivity contribution in [3.05, 3.63) is 29.8 Å². The van der Waals surface area contributed by atoms with Gasteiger partial charge in [-0.1, -0.05) is 12.1 Å². The van der Waals surface area contributed by atoms with E-state index >= 15 is 0 Å². The fraction of sp³-hybridized carbons (Fsp3) is 0.533. The Bertz CT molecular complexity index is 448. The van der Waals surface area contributed by atoms with Gasteiger partial charge in [-0.15, -0.1) is 0 Å². The topological polar surface area (TPSA) is 55.6 Å². The molecular weight excluding hydrogens is 240 g/mol. The lowest BCUT2D eigenvalue weighted by Crippen LogP contribution is -2.39. The maximum Gasteiger partial charge on any atom is 0.256 e. The highest BCUT2D eigenvalue weighted by molar-refractivity contribution is 5.96. The number of likely N-dealkylation sites (N-methyl/N-ethyl adjacent to an activating group) is 1. The Balaban J connectivity index is 2.12. The molecule has 0 saturated carbocycles. The third-order valence-electron chi connectivity index (χ3n) is 3.54. The second kappa shape index (κ2) is 6.17. The molecule has 104 valence electrons. The molecule has 1 fully saturated rings. The standard InChI is InChI=1S/C15H22N2O2/c1-3-17(12-6-4-5-11(2)9-12)15(18)14-8-7-13(10-16)19-14/h4-6,9,13-14H,3,7-8,10,16H2,1-2H3. The van der Waals surface area contributed by atoms with Crippen LogP contribution in [-0.2, 0) is 9.53 Å². The van der Waals surface area contributed by atoms with Gasteiger partial charge in [0.05, 0.1) is 6.10 Å². The van der Waals surface area contributed by atoms with E-state index in [4.69, 9.17) is 10.5 Å². The molecule has 1 aromatic carbocycles. The fourth-order valence-electron chi connectivity index (χ4n) is 2.50. The van der Waals surface area contributed by atoms with Crippen molar-refractivity contribution in [3.63, 3.8) is 0 Å². The second-order valence-electron chi connectivity index (χ2n) is 4.98. The van der Waals surface area contributed by atoms with E-state index in [1.807, 2.05) is 38.1 Å². The highest BCUT2D eigenvalue weighted by atomic mass is 16.5. The van der Waals surface area contributed by atoms with Crippen molar-refractivity contribution in [2.75, 3.05) is 18.0 Å². The fourth-order valence-corrected chi connectivity index (χ4v) is 2.50. The van der Waals surface area contributed by atoms with E-state index in [0.29, 0.717) is 13.1 Å². The summed E-state index contributed by atoms with van der Waals surface area (Å²) in [5, 5.41) is 0. The van der Waals surface area contributed by atoms with E-state index in [1.54, 1.807) is 4.90 Å². The predicted octanol–water partition coefficient (Wildman–Crippen LogP) is 1.85. The number of nitrogens with two attached hydrogens (primary N) is 1. The maximum atomic E-state index is 12.5. The molecule has 0 radical (unpaired) electrons. The first-order chi connectivity index (χ1) is 9.15. The molecule has 0 spiro atoms. The number of carbonyl (C=O) groups is 1. The van der Waals surface area contributed by atoms with Crippen LogP contribution >= 0.6 is 0 Å². The predicted molar refractivity (Wildman–Crippen MR) is 76.2 cm³/mol. The number of benzene rings is 1. The van der Waals surface area contributed by atoms with Crippen molar-refractivity contribution in [1.82, 2.24) is 0 Å². The molecule has 1 aliphatic rings. The quantitative estimate of drug-likeness (QED) is 0.901. The summed E-state index contributed by atoms with van der Waals surface area (Å²) in [5.41, 5.74) is 7.67. The Labute approximate surface area is 114 Å². The number of hydrogen-bond donors (Lipinski definition) is 1. The van der Waals surface area contributed by atoms with E-state index in [2.05, 4.69) is 0 Å². The van der Waals surface area contributed by atoms with Gasteiger partial charge in [0.15, 0.2) is 0 Å². The number of amides is 1. The van der Waals surface area contributed by atoms with Gasteiger partial charge in [-0.25, -0.2) is 0 Å². The van der Waals surface area contributed by atoms with Crippen LogP contribution in [0.1, 0.15) is 25.3 Å². The van der Waals surface area contributed by atoms with Crippen LogP contribution in [0.15, 0.2) is 24.3 Å². The number of nitrogens with zero attached hydrogens (tertiary/aromatic N) is 1. The van der Waals surface area contributed by atoms with Gasteiger partial charge < -0.3 is 15.4 Å². The zero-order chi connectivity index (χ0) is 13.8. The van der Waals surface area contributed by atoms with Crippen molar-refractivity contribution < 1.29 is 9.53 Å². The highest BCUT2D eigenvalue weighted by Gasteiger charge is 2.32. The summed E-state index contributed by atoms with van der Waals surface area (Å²) >= 11 is 0. The van der Waals surface area contributed by atoms with Gasteiger partial charge in [0, 0.05) is 18.8 Å². The molecule has 1 aliphatic heterocycles. The van der Waals surface area contributed by atoms with E-state index in [9.17, 15) is 4.79 Å². The molecule has 2 atom stereocenters. The number of anilines is 1. The molecule has 4 heteroatoms. The summed E-state index contributed by atoms with van der Waals surface area (Å²) in [6.45, 7) is 5.14. The lowest BCUT2D eigenvalue weighted by Gasteiger charge is -2.24. The first-order valence-electron chi connectivity index (χ1n) is 6.89. The SMILES string of the molecule is CCN(C(=O)C1CCC(CN)O1)c1cccc(C)c1. The lowest BCUT2D eigenvalue weighted by molar-refractivity contribution is -0.129. The van der Waals surface area contributed by atoms with Crippen molar-refractivity contribution >= 4 is 11.6 Å². The van der Waals surface area contributed by atoms with Crippen molar-refractivity contribution in [2.24, 2.45) is 5.73 Å². The molecule has 1 amide bonds. The van der Waals surface area contributed by atoms with Gasteiger partial charge in [-0.2, -0.15) is 0 Å². The molecule has 2 rings (SSSR count). The van der Waals surface area contributed by atoms with Gasteiger partial charge in [-0.3, -0.25) is 4.79 Å². The molecule has 19 heavy (non-hydrogen) atoms. The maximum absolute atomic E-state index is 12.5. The van der Waals surface area contributed by atoms with Crippen LogP contribution in [0.5, 0.6) is 0 Å². The van der Waals surface area contributed by atoms with E-state index in [-0.39, 0.29) is 18.1 Å². The minimum atomic E-state index is -0.339. The summed E-state index contributed by atoms with van der Waals surface area (Å²) in [5.74, 6) is 0.0454. The Morgan fingerprint density at radius 2 is 2.26 bits per heavy atom. The highest BCUT2D eigenvalue weighted by Crippen LogP contribution is 2.24. The summed E-state index contributed by atoms with van der Waals surface area (Å²) in [4.78, 5) is 14.3. The average Bonchev–Trinajstić information content (AvgIpc) is 2.88. The van der Waals surface area contributed by atoms with Crippen LogP contribution in [-0.4, -0.2) is 31.2 Å². The number of carbonyl (C=O) groups excluding carboxylic acids is 1. The Kier molecular flexibility index (Phi) is 4.56. The normalized spacial score (nSPS) is 22.5. The van der Waals surface area contributed by atoms with E-state index < -0.39 is 0 Å². The number of hydrogen-bond acceptors (Lipinski definition) is 3. The van der Waals surface area contributed by atoms with Gasteiger partial charge in [0.2, 0.25) is 0 Å². The van der Waals surface area contributed by atoms with Crippen LogP contribution in [0.25, 0.3) is 0 Å². The van der Waals surface area contributed by atoms with Crippen molar-refractivity contribution in [2.45, 2.75) is 38.9 Å². The van der Waals surface area contributed by atoms with Crippen molar-refractivity contribution in [3.8, 4) is 0 Å². The first-order valence-corrected chi connectivity index (χ1v) is 6.89. The molecule has 0 aromatic heterocycles.